The first-order chi connectivity index (χ1) is 18.9. The molecule has 2 heterocycles. The standard InChI is InChI=1S/C31H30N4O4/c1-3-22-14-16-23(17-15-22)20-32(2)30(38)35-26-18-19-27(35)28(29(36)37)33(21-26)31(39)34(24-10-6-4-7-11-24)25-12-8-5-9-13-25/h1,4-17,26-28H,18-21H2,2H3,(H,36,37)/t26-,27+,28-/m0/s1. The average Bonchev–Trinajstić information content (AvgIpc) is 3.26. The first-order valence-electron chi connectivity index (χ1n) is 12.9. The lowest BCUT2D eigenvalue weighted by Gasteiger charge is -2.47. The van der Waals surface area contributed by atoms with E-state index in [0.717, 1.165) is 11.1 Å². The van der Waals surface area contributed by atoms with Crippen molar-refractivity contribution in [3.63, 3.8) is 0 Å². The molecule has 0 aliphatic carbocycles. The fourth-order valence-electron chi connectivity index (χ4n) is 5.64. The molecule has 2 aliphatic heterocycles. The number of terminal acetylenes is 1. The summed E-state index contributed by atoms with van der Waals surface area (Å²) in [5.74, 6) is 1.45. The number of carboxylic acid groups (broad SMARTS) is 1. The number of benzene rings is 3. The zero-order valence-corrected chi connectivity index (χ0v) is 21.7. The van der Waals surface area contributed by atoms with E-state index in [1.54, 1.807) is 21.7 Å². The van der Waals surface area contributed by atoms with Crippen molar-refractivity contribution >= 4 is 29.4 Å². The fourth-order valence-corrected chi connectivity index (χ4v) is 5.64. The summed E-state index contributed by atoms with van der Waals surface area (Å²) in [6.45, 7) is 0.495. The van der Waals surface area contributed by atoms with E-state index < -0.39 is 24.1 Å². The van der Waals surface area contributed by atoms with E-state index in [4.69, 9.17) is 6.42 Å². The lowest BCUT2D eigenvalue weighted by Crippen LogP contribution is -2.67. The molecule has 39 heavy (non-hydrogen) atoms. The number of para-hydroxylation sites is 2. The number of hydrogen-bond acceptors (Lipinski definition) is 3. The van der Waals surface area contributed by atoms with E-state index in [2.05, 4.69) is 5.92 Å². The third kappa shape index (κ3) is 5.04. The third-order valence-corrected chi connectivity index (χ3v) is 7.46. The van der Waals surface area contributed by atoms with E-state index in [9.17, 15) is 19.5 Å². The number of aliphatic carboxylic acids is 1. The number of nitrogens with zero attached hydrogens (tertiary/aromatic N) is 4. The van der Waals surface area contributed by atoms with Crippen LogP contribution < -0.4 is 4.90 Å². The number of anilines is 2. The van der Waals surface area contributed by atoms with Crippen molar-refractivity contribution in [3.05, 3.63) is 96.1 Å². The highest BCUT2D eigenvalue weighted by molar-refractivity contribution is 6.01. The zero-order chi connectivity index (χ0) is 27.5. The van der Waals surface area contributed by atoms with Gasteiger partial charge in [-0.05, 0) is 54.8 Å². The van der Waals surface area contributed by atoms with Crippen molar-refractivity contribution in [1.82, 2.24) is 14.7 Å². The highest BCUT2D eigenvalue weighted by Crippen LogP contribution is 2.37. The summed E-state index contributed by atoms with van der Waals surface area (Å²) in [5, 5.41) is 10.3. The van der Waals surface area contributed by atoms with Crippen molar-refractivity contribution in [3.8, 4) is 12.3 Å². The SMILES string of the molecule is C#Cc1ccc(CN(C)C(=O)N2[C@H]3CC[C@@H]2[C@@H](C(=O)O)N(C(=O)N(c2ccccc2)c2ccccc2)C3)cc1. The molecule has 3 atom stereocenters. The molecule has 0 saturated carbocycles. The Bertz CT molecular complexity index is 1350. The van der Waals surface area contributed by atoms with Crippen LogP contribution in [0.1, 0.15) is 24.0 Å². The lowest BCUT2D eigenvalue weighted by molar-refractivity contribution is -0.145. The van der Waals surface area contributed by atoms with Gasteiger partial charge in [-0.15, -0.1) is 6.42 Å². The van der Waals surface area contributed by atoms with Gasteiger partial charge in [0.15, 0.2) is 6.04 Å². The highest BCUT2D eigenvalue weighted by Gasteiger charge is 2.54. The molecule has 8 nitrogen and oxygen atoms in total. The average molecular weight is 523 g/mol. The predicted molar refractivity (Wildman–Crippen MR) is 148 cm³/mol. The molecule has 0 spiro atoms. The van der Waals surface area contributed by atoms with Gasteiger partial charge in [0.25, 0.3) is 0 Å². The Balaban J connectivity index is 1.41. The van der Waals surface area contributed by atoms with Crippen LogP contribution in [0.2, 0.25) is 0 Å². The summed E-state index contributed by atoms with van der Waals surface area (Å²) in [6, 6.07) is 23.0. The summed E-state index contributed by atoms with van der Waals surface area (Å²) >= 11 is 0. The Morgan fingerprint density at radius 1 is 0.897 bits per heavy atom. The van der Waals surface area contributed by atoms with Crippen LogP contribution in [0, 0.1) is 12.3 Å². The smallest absolute Gasteiger partial charge is 0.329 e. The number of carbonyl (C=O) groups excluding carboxylic acids is 2. The maximum Gasteiger partial charge on any atom is 0.329 e. The minimum atomic E-state index is -1.17. The van der Waals surface area contributed by atoms with Gasteiger partial charge in [0, 0.05) is 25.7 Å². The van der Waals surface area contributed by atoms with E-state index in [1.165, 1.54) is 4.90 Å². The molecule has 0 aromatic heterocycles. The van der Waals surface area contributed by atoms with E-state index in [1.807, 2.05) is 84.9 Å². The van der Waals surface area contributed by atoms with Gasteiger partial charge in [-0.2, -0.15) is 0 Å². The molecule has 4 amide bonds. The van der Waals surface area contributed by atoms with Gasteiger partial charge in [0.2, 0.25) is 0 Å². The molecule has 3 aromatic carbocycles. The van der Waals surface area contributed by atoms with Crippen LogP contribution in [0.3, 0.4) is 0 Å². The number of urea groups is 2. The second kappa shape index (κ2) is 10.9. The largest absolute Gasteiger partial charge is 0.480 e. The first-order valence-corrected chi connectivity index (χ1v) is 12.9. The normalized spacial score (nSPS) is 19.7. The Kier molecular flexibility index (Phi) is 7.24. The number of likely N-dealkylation sites (tertiary alicyclic amines) is 1. The topological polar surface area (TPSA) is 84.4 Å². The number of fused-ring (bicyclic) bond motifs is 2. The quantitative estimate of drug-likeness (QED) is 0.489. The predicted octanol–water partition coefficient (Wildman–Crippen LogP) is 4.78. The van der Waals surface area contributed by atoms with E-state index >= 15 is 0 Å². The minimum Gasteiger partial charge on any atom is -0.480 e. The minimum absolute atomic E-state index is 0.138. The van der Waals surface area contributed by atoms with Crippen LogP contribution in [0.25, 0.3) is 0 Å². The number of amides is 4. The van der Waals surface area contributed by atoms with Crippen LogP contribution in [-0.4, -0.2) is 69.6 Å². The Hall–Kier alpha value is -4.77. The van der Waals surface area contributed by atoms with Crippen LogP contribution in [-0.2, 0) is 11.3 Å². The maximum atomic E-state index is 14.1. The molecule has 2 fully saturated rings. The molecule has 198 valence electrons. The summed E-state index contributed by atoms with van der Waals surface area (Å²) in [4.78, 5) is 46.6. The Morgan fingerprint density at radius 2 is 1.49 bits per heavy atom. The molecule has 2 saturated heterocycles. The summed E-state index contributed by atoms with van der Waals surface area (Å²) in [5.41, 5.74) is 2.96. The number of hydrogen-bond donors (Lipinski definition) is 1. The van der Waals surface area contributed by atoms with Gasteiger partial charge in [-0.3, -0.25) is 4.90 Å². The number of carboxylic acids is 1. The summed E-state index contributed by atoms with van der Waals surface area (Å²) in [7, 11) is 1.71. The lowest BCUT2D eigenvalue weighted by atomic mass is 10.0. The van der Waals surface area contributed by atoms with Crippen LogP contribution in [0.5, 0.6) is 0 Å². The Morgan fingerprint density at radius 3 is 2.03 bits per heavy atom. The van der Waals surface area contributed by atoms with Crippen molar-refractivity contribution in [2.75, 3.05) is 18.5 Å². The van der Waals surface area contributed by atoms with Crippen LogP contribution in [0.15, 0.2) is 84.9 Å². The van der Waals surface area contributed by atoms with Crippen LogP contribution in [0.4, 0.5) is 21.0 Å². The number of carbonyl (C=O) groups is 3. The molecular weight excluding hydrogens is 492 g/mol. The molecule has 3 aromatic rings. The molecule has 2 bridgehead atoms. The molecule has 5 rings (SSSR count). The van der Waals surface area contributed by atoms with Gasteiger partial charge < -0.3 is 19.8 Å². The van der Waals surface area contributed by atoms with Crippen molar-refractivity contribution in [1.29, 1.82) is 0 Å². The molecule has 8 heteroatoms. The molecule has 1 N–H and O–H groups in total. The summed E-state index contributed by atoms with van der Waals surface area (Å²) in [6.07, 6.45) is 6.58. The van der Waals surface area contributed by atoms with Gasteiger partial charge >= 0.3 is 18.0 Å². The van der Waals surface area contributed by atoms with Crippen molar-refractivity contribution in [2.45, 2.75) is 37.5 Å². The molecule has 2 aliphatic rings. The zero-order valence-electron chi connectivity index (χ0n) is 21.7. The molecular formula is C31H30N4O4. The van der Waals surface area contributed by atoms with Gasteiger partial charge in [0.05, 0.1) is 23.5 Å². The van der Waals surface area contributed by atoms with Crippen molar-refractivity contribution < 1.29 is 19.5 Å². The summed E-state index contributed by atoms with van der Waals surface area (Å²) < 4.78 is 0. The first kappa shape index (κ1) is 25.9. The highest BCUT2D eigenvalue weighted by atomic mass is 16.4. The second-order valence-corrected chi connectivity index (χ2v) is 9.91. The maximum absolute atomic E-state index is 14.1. The van der Waals surface area contributed by atoms with E-state index in [0.29, 0.717) is 30.8 Å². The molecule has 0 radical (unpaired) electrons. The Labute approximate surface area is 228 Å². The monoisotopic (exact) mass is 522 g/mol. The fraction of sp³-hybridized carbons (Fsp3) is 0.258. The third-order valence-electron chi connectivity index (χ3n) is 7.46. The number of rotatable bonds is 5. The molecule has 0 unspecified atom stereocenters. The van der Waals surface area contributed by atoms with Gasteiger partial charge in [-0.1, -0.05) is 54.5 Å². The number of piperazine rings is 1. The van der Waals surface area contributed by atoms with E-state index in [-0.39, 0.29) is 18.6 Å². The van der Waals surface area contributed by atoms with Gasteiger partial charge in [0.1, 0.15) is 0 Å². The van der Waals surface area contributed by atoms with Gasteiger partial charge in [-0.25, -0.2) is 14.4 Å². The second-order valence-electron chi connectivity index (χ2n) is 9.91. The van der Waals surface area contributed by atoms with Crippen molar-refractivity contribution in [2.24, 2.45) is 0 Å². The van der Waals surface area contributed by atoms with Crippen LogP contribution >= 0.6 is 0 Å².